The summed E-state index contributed by atoms with van der Waals surface area (Å²) >= 11 is 6.47. The molecule has 17 heavy (non-hydrogen) atoms. The number of benzene rings is 1. The van der Waals surface area contributed by atoms with Gasteiger partial charge in [0, 0.05) is 22.4 Å². The molecule has 1 heterocycles. The first-order valence-electron chi connectivity index (χ1n) is 5.00. The first-order chi connectivity index (χ1) is 7.91. The highest BCUT2D eigenvalue weighted by Crippen LogP contribution is 2.27. The van der Waals surface area contributed by atoms with Crippen molar-refractivity contribution in [2.75, 3.05) is 13.1 Å². The zero-order valence-corrected chi connectivity index (χ0v) is 12.7. The van der Waals surface area contributed by atoms with E-state index >= 15 is 0 Å². The summed E-state index contributed by atoms with van der Waals surface area (Å²) in [6, 6.07) is 3.97. The van der Waals surface area contributed by atoms with E-state index in [0.29, 0.717) is 17.6 Å². The third kappa shape index (κ3) is 2.72. The Bertz CT molecular complexity index is 535. The zero-order chi connectivity index (χ0) is 12.6. The quantitative estimate of drug-likeness (QED) is 0.733. The van der Waals surface area contributed by atoms with Gasteiger partial charge >= 0.3 is 0 Å². The van der Waals surface area contributed by atoms with Crippen molar-refractivity contribution >= 4 is 41.9 Å². The fraction of sp³-hybridized carbons (Fsp3) is 0.400. The molecule has 2 rings (SSSR count). The van der Waals surface area contributed by atoms with E-state index in [2.05, 4.69) is 31.9 Å². The molecule has 1 aromatic rings. The van der Waals surface area contributed by atoms with Gasteiger partial charge in [-0.3, -0.25) is 0 Å². The van der Waals surface area contributed by atoms with Gasteiger partial charge in [-0.1, -0.05) is 31.9 Å². The van der Waals surface area contributed by atoms with Crippen LogP contribution in [0.25, 0.3) is 0 Å². The van der Waals surface area contributed by atoms with Crippen LogP contribution in [0, 0.1) is 5.82 Å². The highest BCUT2D eigenvalue weighted by Gasteiger charge is 2.33. The van der Waals surface area contributed by atoms with Gasteiger partial charge in [-0.25, -0.2) is 12.8 Å². The molecule has 1 saturated heterocycles. The average molecular weight is 387 g/mol. The Morgan fingerprint density at radius 1 is 1.41 bits per heavy atom. The van der Waals surface area contributed by atoms with Crippen molar-refractivity contribution in [3.05, 3.63) is 28.5 Å². The fourth-order valence-corrected chi connectivity index (χ4v) is 4.35. The molecule has 0 aromatic heterocycles. The Kier molecular flexibility index (Phi) is 3.92. The SMILES string of the molecule is O=S(=O)(c1ccc(Br)cc1F)N1CCC(Br)C1. The summed E-state index contributed by atoms with van der Waals surface area (Å²) < 4.78 is 39.8. The van der Waals surface area contributed by atoms with Crippen LogP contribution in [0.2, 0.25) is 0 Å². The van der Waals surface area contributed by atoms with E-state index in [1.807, 2.05) is 0 Å². The van der Waals surface area contributed by atoms with Crippen LogP contribution in [0.15, 0.2) is 27.6 Å². The molecular weight excluding hydrogens is 377 g/mol. The Morgan fingerprint density at radius 2 is 2.12 bits per heavy atom. The maximum absolute atomic E-state index is 13.6. The minimum Gasteiger partial charge on any atom is -0.207 e. The number of hydrogen-bond acceptors (Lipinski definition) is 2. The molecule has 3 nitrogen and oxygen atoms in total. The molecule has 0 aliphatic carbocycles. The largest absolute Gasteiger partial charge is 0.246 e. The number of hydrogen-bond donors (Lipinski definition) is 0. The lowest BCUT2D eigenvalue weighted by Gasteiger charge is -2.16. The van der Waals surface area contributed by atoms with Crippen LogP contribution in [-0.2, 0) is 10.0 Å². The second kappa shape index (κ2) is 4.95. The van der Waals surface area contributed by atoms with Crippen molar-refractivity contribution in [1.29, 1.82) is 0 Å². The molecule has 0 radical (unpaired) electrons. The number of nitrogens with zero attached hydrogens (tertiary/aromatic N) is 1. The van der Waals surface area contributed by atoms with E-state index in [-0.39, 0.29) is 9.72 Å². The van der Waals surface area contributed by atoms with E-state index in [9.17, 15) is 12.8 Å². The van der Waals surface area contributed by atoms with Gasteiger partial charge in [0.1, 0.15) is 10.7 Å². The van der Waals surface area contributed by atoms with Crippen molar-refractivity contribution in [1.82, 2.24) is 4.31 Å². The summed E-state index contributed by atoms with van der Waals surface area (Å²) in [6.45, 7) is 0.811. The molecule has 0 bridgehead atoms. The maximum atomic E-state index is 13.6. The molecule has 1 aromatic carbocycles. The van der Waals surface area contributed by atoms with E-state index in [1.54, 1.807) is 0 Å². The van der Waals surface area contributed by atoms with Gasteiger partial charge in [0.05, 0.1) is 0 Å². The molecule has 94 valence electrons. The minimum absolute atomic E-state index is 0.149. The molecule has 1 unspecified atom stereocenters. The highest BCUT2D eigenvalue weighted by atomic mass is 79.9. The number of rotatable bonds is 2. The molecule has 0 saturated carbocycles. The predicted molar refractivity (Wildman–Crippen MR) is 70.2 cm³/mol. The van der Waals surface area contributed by atoms with Gasteiger partial charge < -0.3 is 0 Å². The first kappa shape index (κ1) is 13.5. The van der Waals surface area contributed by atoms with Crippen LogP contribution in [0.3, 0.4) is 0 Å². The molecule has 0 amide bonds. The van der Waals surface area contributed by atoms with Gasteiger partial charge in [-0.2, -0.15) is 4.31 Å². The van der Waals surface area contributed by atoms with Gasteiger partial charge in [0.15, 0.2) is 0 Å². The van der Waals surface area contributed by atoms with Crippen LogP contribution in [0.5, 0.6) is 0 Å². The van der Waals surface area contributed by atoms with Crippen molar-refractivity contribution in [2.45, 2.75) is 16.1 Å². The fourth-order valence-electron chi connectivity index (χ4n) is 1.73. The first-order valence-corrected chi connectivity index (χ1v) is 8.15. The van der Waals surface area contributed by atoms with E-state index in [1.165, 1.54) is 16.4 Å². The van der Waals surface area contributed by atoms with Crippen LogP contribution < -0.4 is 0 Å². The van der Waals surface area contributed by atoms with Crippen molar-refractivity contribution < 1.29 is 12.8 Å². The summed E-state index contributed by atoms with van der Waals surface area (Å²) in [7, 11) is -3.71. The van der Waals surface area contributed by atoms with Crippen molar-refractivity contribution in [3.8, 4) is 0 Å². The Balaban J connectivity index is 2.38. The smallest absolute Gasteiger partial charge is 0.207 e. The monoisotopic (exact) mass is 385 g/mol. The predicted octanol–water partition coefficient (Wildman–Crippen LogP) is 2.75. The third-order valence-corrected chi connectivity index (χ3v) is 5.74. The van der Waals surface area contributed by atoms with Crippen LogP contribution in [0.1, 0.15) is 6.42 Å². The summed E-state index contributed by atoms with van der Waals surface area (Å²) in [5.41, 5.74) is 0. The van der Waals surface area contributed by atoms with Crippen LogP contribution >= 0.6 is 31.9 Å². The Hall–Kier alpha value is 0.0200. The average Bonchev–Trinajstić information content (AvgIpc) is 2.64. The zero-order valence-electron chi connectivity index (χ0n) is 8.74. The lowest BCUT2D eigenvalue weighted by atomic mass is 10.3. The summed E-state index contributed by atoms with van der Waals surface area (Å²) in [5, 5.41) is 0. The second-order valence-electron chi connectivity index (χ2n) is 3.82. The molecule has 1 atom stereocenters. The number of halogens is 3. The van der Waals surface area contributed by atoms with Gasteiger partial charge in [0.25, 0.3) is 0 Å². The third-order valence-electron chi connectivity index (χ3n) is 2.61. The number of sulfonamides is 1. The number of alkyl halides is 1. The molecular formula is C10H10Br2FNO2S. The topological polar surface area (TPSA) is 37.4 Å². The van der Waals surface area contributed by atoms with Gasteiger partial charge in [-0.05, 0) is 24.6 Å². The highest BCUT2D eigenvalue weighted by molar-refractivity contribution is 9.10. The van der Waals surface area contributed by atoms with Crippen LogP contribution in [-0.4, -0.2) is 30.6 Å². The minimum atomic E-state index is -3.71. The maximum Gasteiger partial charge on any atom is 0.246 e. The van der Waals surface area contributed by atoms with E-state index < -0.39 is 15.8 Å². The standard InChI is InChI=1S/C10H10Br2FNO2S/c11-7-1-2-10(9(13)5-7)17(15,16)14-4-3-8(12)6-14/h1-2,5,8H,3-4,6H2. The normalized spacial score (nSPS) is 21.9. The molecule has 1 aliphatic rings. The van der Waals surface area contributed by atoms with Crippen molar-refractivity contribution in [3.63, 3.8) is 0 Å². The lowest BCUT2D eigenvalue weighted by Crippen LogP contribution is -2.29. The summed E-state index contributed by atoms with van der Waals surface area (Å²) in [4.78, 5) is -0.113. The Labute approximate surface area is 116 Å². The lowest BCUT2D eigenvalue weighted by molar-refractivity contribution is 0.470. The second-order valence-corrected chi connectivity index (χ2v) is 7.94. The van der Waals surface area contributed by atoms with E-state index in [0.717, 1.165) is 12.5 Å². The van der Waals surface area contributed by atoms with E-state index in [4.69, 9.17) is 0 Å². The summed E-state index contributed by atoms with van der Waals surface area (Å²) in [5.74, 6) is -0.725. The molecule has 7 heteroatoms. The molecule has 0 N–H and O–H groups in total. The van der Waals surface area contributed by atoms with Gasteiger partial charge in [-0.15, -0.1) is 0 Å². The van der Waals surface area contributed by atoms with Crippen LogP contribution in [0.4, 0.5) is 4.39 Å². The molecule has 0 spiro atoms. The molecule has 1 aliphatic heterocycles. The van der Waals surface area contributed by atoms with Crippen molar-refractivity contribution in [2.24, 2.45) is 0 Å². The Morgan fingerprint density at radius 3 is 2.65 bits per heavy atom. The van der Waals surface area contributed by atoms with Gasteiger partial charge in [0.2, 0.25) is 10.0 Å². The molecule has 1 fully saturated rings. The summed E-state index contributed by atoms with van der Waals surface area (Å²) in [6.07, 6.45) is 0.747.